The van der Waals surface area contributed by atoms with Gasteiger partial charge in [0.15, 0.2) is 6.10 Å². The Hall–Kier alpha value is -1.76. The molecule has 226 valence electrons. The van der Waals surface area contributed by atoms with Gasteiger partial charge in [-0.05, 0) is 56.4 Å². The Bertz CT molecular complexity index is 834. The quantitative estimate of drug-likeness (QED) is 0.120. The number of hydrogen-bond acceptors (Lipinski definition) is 4. The van der Waals surface area contributed by atoms with E-state index in [1.165, 1.54) is 51.4 Å². The summed E-state index contributed by atoms with van der Waals surface area (Å²) in [6.07, 6.45) is 18.3. The van der Waals surface area contributed by atoms with Crippen LogP contribution in [0.4, 0.5) is 5.69 Å². The van der Waals surface area contributed by atoms with Gasteiger partial charge in [0.05, 0.1) is 5.75 Å². The van der Waals surface area contributed by atoms with Gasteiger partial charge in [-0.25, -0.2) is 8.42 Å². The smallest absolute Gasteiger partial charge is 0.263 e. The van der Waals surface area contributed by atoms with Gasteiger partial charge in [-0.2, -0.15) is 0 Å². The average Bonchev–Trinajstić information content (AvgIpc) is 2.93. The topological polar surface area (TPSA) is 75.7 Å². The number of anilines is 1. The molecule has 6 nitrogen and oxygen atoms in total. The summed E-state index contributed by atoms with van der Waals surface area (Å²) in [6.45, 7) is 10.1. The van der Waals surface area contributed by atoms with Crippen LogP contribution in [0.15, 0.2) is 24.3 Å². The third-order valence-corrected chi connectivity index (χ3v) is 8.52. The molecule has 1 aromatic rings. The van der Waals surface area contributed by atoms with Crippen LogP contribution in [0.25, 0.3) is 0 Å². The Morgan fingerprint density at radius 1 is 0.718 bits per heavy atom. The second-order valence-electron chi connectivity index (χ2n) is 10.9. The second kappa shape index (κ2) is 22.0. The van der Waals surface area contributed by atoms with Crippen molar-refractivity contribution < 1.29 is 17.9 Å². The monoisotopic (exact) mass is 566 g/mol. The summed E-state index contributed by atoms with van der Waals surface area (Å²) in [5.74, 6) is 0.794. The normalized spacial score (nSPS) is 12.3. The molecule has 1 N–H and O–H groups in total. The van der Waals surface area contributed by atoms with Crippen molar-refractivity contribution in [1.29, 1.82) is 0 Å². The molecule has 1 atom stereocenters. The van der Waals surface area contributed by atoms with Crippen LogP contribution in [-0.4, -0.2) is 44.2 Å². The zero-order valence-corrected chi connectivity index (χ0v) is 26.3. The first-order valence-electron chi connectivity index (χ1n) is 15.9. The van der Waals surface area contributed by atoms with E-state index in [0.29, 0.717) is 24.3 Å². The first-order valence-corrected chi connectivity index (χ1v) is 17.6. The van der Waals surface area contributed by atoms with Crippen molar-refractivity contribution in [2.45, 2.75) is 143 Å². The van der Waals surface area contributed by atoms with E-state index in [9.17, 15) is 13.2 Å². The molecule has 0 saturated carbocycles. The average molecular weight is 567 g/mol. The minimum atomic E-state index is -3.35. The summed E-state index contributed by atoms with van der Waals surface area (Å²) in [4.78, 5) is 15.6. The maximum Gasteiger partial charge on any atom is 0.263 e. The van der Waals surface area contributed by atoms with E-state index in [1.54, 1.807) is 24.3 Å². The van der Waals surface area contributed by atoms with E-state index in [0.717, 1.165) is 58.0 Å². The van der Waals surface area contributed by atoms with Crippen molar-refractivity contribution in [3.8, 4) is 5.75 Å². The number of amides is 1. The fraction of sp³-hybridized carbons (Fsp3) is 0.781. The van der Waals surface area contributed by atoms with Crippen molar-refractivity contribution in [2.24, 2.45) is 0 Å². The van der Waals surface area contributed by atoms with Gasteiger partial charge < -0.3 is 9.64 Å². The number of sulfonamides is 1. The maximum atomic E-state index is 13.6. The van der Waals surface area contributed by atoms with E-state index in [1.807, 2.05) is 11.8 Å². The van der Waals surface area contributed by atoms with Crippen LogP contribution >= 0.6 is 0 Å². The molecular formula is C32H58N2O4S. The highest BCUT2D eigenvalue weighted by Gasteiger charge is 2.25. The van der Waals surface area contributed by atoms with Crippen LogP contribution in [0.1, 0.15) is 137 Å². The molecule has 1 amide bonds. The van der Waals surface area contributed by atoms with Crippen LogP contribution in [0.3, 0.4) is 0 Å². The molecule has 0 spiro atoms. The lowest BCUT2D eigenvalue weighted by Gasteiger charge is -2.28. The van der Waals surface area contributed by atoms with Crippen LogP contribution in [0.2, 0.25) is 0 Å². The van der Waals surface area contributed by atoms with E-state index in [-0.39, 0.29) is 11.7 Å². The van der Waals surface area contributed by atoms with Gasteiger partial charge in [0.25, 0.3) is 5.91 Å². The van der Waals surface area contributed by atoms with Gasteiger partial charge in [-0.15, -0.1) is 0 Å². The van der Waals surface area contributed by atoms with Gasteiger partial charge in [-0.1, -0.05) is 105 Å². The summed E-state index contributed by atoms with van der Waals surface area (Å²) in [6, 6.07) is 6.96. The van der Waals surface area contributed by atoms with Crippen molar-refractivity contribution in [3.05, 3.63) is 24.3 Å². The van der Waals surface area contributed by atoms with Crippen LogP contribution < -0.4 is 9.46 Å². The molecule has 39 heavy (non-hydrogen) atoms. The van der Waals surface area contributed by atoms with Crippen LogP contribution in [0.5, 0.6) is 5.75 Å². The van der Waals surface area contributed by atoms with Gasteiger partial charge in [0, 0.05) is 18.8 Å². The largest absolute Gasteiger partial charge is 0.481 e. The summed E-state index contributed by atoms with van der Waals surface area (Å²) in [5.41, 5.74) is 0.517. The summed E-state index contributed by atoms with van der Waals surface area (Å²) < 4.78 is 33.4. The molecule has 0 heterocycles. The van der Waals surface area contributed by atoms with Crippen molar-refractivity contribution in [1.82, 2.24) is 4.90 Å². The number of nitrogens with zero attached hydrogens (tertiary/aromatic N) is 1. The number of ether oxygens (including phenoxy) is 1. The number of unbranched alkanes of at least 4 members (excludes halogenated alkanes) is 12. The number of hydrogen-bond donors (Lipinski definition) is 1. The highest BCUT2D eigenvalue weighted by Crippen LogP contribution is 2.22. The van der Waals surface area contributed by atoms with Gasteiger partial charge in [0.2, 0.25) is 10.0 Å². The number of carbonyl (C=O) groups is 1. The molecule has 0 aliphatic rings. The lowest BCUT2D eigenvalue weighted by molar-refractivity contribution is -0.139. The molecule has 1 unspecified atom stereocenters. The number of carbonyl (C=O) groups excluding carboxylic acids is 1. The van der Waals surface area contributed by atoms with E-state index >= 15 is 0 Å². The number of benzene rings is 1. The Morgan fingerprint density at radius 3 is 1.72 bits per heavy atom. The predicted molar refractivity (Wildman–Crippen MR) is 166 cm³/mol. The van der Waals surface area contributed by atoms with Crippen LogP contribution in [-0.2, 0) is 14.8 Å². The molecule has 0 fully saturated rings. The molecule has 0 saturated heterocycles. The molecule has 1 rings (SSSR count). The first kappa shape index (κ1) is 35.3. The Kier molecular flexibility index (Phi) is 19.9. The van der Waals surface area contributed by atoms with Crippen molar-refractivity contribution >= 4 is 21.6 Å². The predicted octanol–water partition coefficient (Wildman–Crippen LogP) is 8.72. The minimum Gasteiger partial charge on any atom is -0.481 e. The molecule has 0 bridgehead atoms. The minimum absolute atomic E-state index is 0.0807. The zero-order valence-electron chi connectivity index (χ0n) is 25.5. The second-order valence-corrected chi connectivity index (χ2v) is 12.8. The number of rotatable bonds is 25. The van der Waals surface area contributed by atoms with Crippen molar-refractivity contribution in [3.63, 3.8) is 0 Å². The first-order chi connectivity index (χ1) is 18.9. The Balaban J connectivity index is 2.76. The maximum absolute atomic E-state index is 13.6. The van der Waals surface area contributed by atoms with Crippen LogP contribution in [0, 0.1) is 0 Å². The highest BCUT2D eigenvalue weighted by atomic mass is 32.2. The molecular weight excluding hydrogens is 508 g/mol. The SMILES string of the molecule is CCCCCCCCCCCCC(Oc1ccc(NS(=O)(=O)CCCC)cc1)C(=O)N(CCCC)CCCC. The lowest BCUT2D eigenvalue weighted by atomic mass is 10.0. The molecule has 1 aromatic carbocycles. The van der Waals surface area contributed by atoms with E-state index in [2.05, 4.69) is 25.5 Å². The van der Waals surface area contributed by atoms with E-state index < -0.39 is 16.1 Å². The van der Waals surface area contributed by atoms with Crippen molar-refractivity contribution in [2.75, 3.05) is 23.6 Å². The highest BCUT2D eigenvalue weighted by molar-refractivity contribution is 7.92. The summed E-state index contributed by atoms with van der Waals surface area (Å²) in [7, 11) is -3.35. The fourth-order valence-corrected chi connectivity index (χ4v) is 5.88. The van der Waals surface area contributed by atoms with Gasteiger partial charge in [0.1, 0.15) is 5.75 Å². The molecule has 0 aliphatic heterocycles. The molecule has 0 aromatic heterocycles. The molecule has 0 aliphatic carbocycles. The van der Waals surface area contributed by atoms with Gasteiger partial charge >= 0.3 is 0 Å². The standard InChI is InChI=1S/C32H58N2O4S/c1-5-9-13-14-15-16-17-18-19-20-21-31(32(35)34(26-10-6-2)27-11-7-3)38-30-24-22-29(23-25-30)33-39(36,37)28-12-8-4/h22-25,31,33H,5-21,26-28H2,1-4H3. The Morgan fingerprint density at radius 2 is 1.21 bits per heavy atom. The third kappa shape index (κ3) is 16.8. The molecule has 7 heteroatoms. The van der Waals surface area contributed by atoms with E-state index in [4.69, 9.17) is 4.74 Å². The lowest BCUT2D eigenvalue weighted by Crippen LogP contribution is -2.43. The Labute approximate surface area is 240 Å². The zero-order chi connectivity index (χ0) is 28.8. The van der Waals surface area contributed by atoms with Gasteiger partial charge in [-0.3, -0.25) is 9.52 Å². The number of nitrogens with one attached hydrogen (secondary N) is 1. The third-order valence-electron chi connectivity index (χ3n) is 7.14. The summed E-state index contributed by atoms with van der Waals surface area (Å²) in [5, 5.41) is 0. The molecule has 0 radical (unpaired) electrons. The fourth-order valence-electron chi connectivity index (χ4n) is 4.61. The summed E-state index contributed by atoms with van der Waals surface area (Å²) >= 11 is 0.